The Labute approximate surface area is 141 Å². The van der Waals surface area contributed by atoms with Crippen molar-refractivity contribution in [2.75, 3.05) is 0 Å². The molecule has 1 atom stereocenters. The number of para-hydroxylation sites is 1. The van der Waals surface area contributed by atoms with E-state index in [-0.39, 0.29) is 11.7 Å². The van der Waals surface area contributed by atoms with Crippen molar-refractivity contribution in [3.8, 4) is 5.69 Å². The van der Waals surface area contributed by atoms with E-state index >= 15 is 0 Å². The first kappa shape index (κ1) is 14.9. The Balaban J connectivity index is 1.80. The second kappa shape index (κ2) is 5.75. The maximum atomic E-state index is 12.8. The van der Waals surface area contributed by atoms with Crippen molar-refractivity contribution in [2.24, 2.45) is 0 Å². The molecular weight excluding hydrogens is 296 g/mol. The Morgan fingerprint density at radius 1 is 1.00 bits per heavy atom. The van der Waals surface area contributed by atoms with E-state index in [9.17, 15) is 4.79 Å². The molecule has 0 N–H and O–H groups in total. The maximum absolute atomic E-state index is 12.8. The van der Waals surface area contributed by atoms with Gasteiger partial charge in [0.05, 0.1) is 22.6 Å². The number of fused-ring (bicyclic) bond motifs is 1. The van der Waals surface area contributed by atoms with Crippen molar-refractivity contribution in [2.45, 2.75) is 32.6 Å². The molecule has 4 rings (SSSR count). The van der Waals surface area contributed by atoms with Gasteiger partial charge in [0.15, 0.2) is 5.78 Å². The van der Waals surface area contributed by atoms with Gasteiger partial charge in [-0.25, -0.2) is 4.68 Å². The lowest BCUT2D eigenvalue weighted by atomic mass is 9.81. The highest BCUT2D eigenvalue weighted by Crippen LogP contribution is 2.35. The van der Waals surface area contributed by atoms with Crippen LogP contribution in [0.3, 0.4) is 0 Å². The Hall–Kier alpha value is -2.68. The molecule has 3 aromatic rings. The van der Waals surface area contributed by atoms with Crippen LogP contribution in [0.5, 0.6) is 0 Å². The molecule has 0 bridgehead atoms. The number of hydrogen-bond donors (Lipinski definition) is 0. The highest BCUT2D eigenvalue weighted by molar-refractivity contribution is 6.00. The van der Waals surface area contributed by atoms with E-state index in [0.717, 1.165) is 29.1 Å². The van der Waals surface area contributed by atoms with Crippen molar-refractivity contribution in [1.82, 2.24) is 9.78 Å². The average molecular weight is 316 g/mol. The number of aryl methyl sites for hydroxylation is 2. The predicted octanol–water partition coefficient (Wildman–Crippen LogP) is 4.40. The molecule has 3 heteroatoms. The normalized spacial score (nSPS) is 16.9. The lowest BCUT2D eigenvalue weighted by Gasteiger charge is -2.23. The molecule has 120 valence electrons. The quantitative estimate of drug-likeness (QED) is 0.702. The highest BCUT2D eigenvalue weighted by Gasteiger charge is 2.32. The second-order valence-electron chi connectivity index (χ2n) is 6.60. The fourth-order valence-corrected chi connectivity index (χ4v) is 3.70. The summed E-state index contributed by atoms with van der Waals surface area (Å²) in [5, 5.41) is 4.65. The first-order chi connectivity index (χ1) is 11.6. The first-order valence-corrected chi connectivity index (χ1v) is 8.37. The molecule has 1 heterocycles. The fraction of sp³-hybridized carbons (Fsp3) is 0.238. The van der Waals surface area contributed by atoms with Crippen LogP contribution in [-0.4, -0.2) is 15.6 Å². The Bertz CT molecular complexity index is 909. The van der Waals surface area contributed by atoms with E-state index in [1.807, 2.05) is 41.9 Å². The number of rotatable bonds is 2. The summed E-state index contributed by atoms with van der Waals surface area (Å²) in [6, 6.07) is 18.6. The zero-order chi connectivity index (χ0) is 16.7. The minimum atomic E-state index is 0.211. The van der Waals surface area contributed by atoms with Crippen LogP contribution in [0.2, 0.25) is 0 Å². The van der Waals surface area contributed by atoms with Crippen molar-refractivity contribution in [3.05, 3.63) is 82.7 Å². The van der Waals surface area contributed by atoms with Crippen molar-refractivity contribution in [3.63, 3.8) is 0 Å². The first-order valence-electron chi connectivity index (χ1n) is 8.37. The van der Waals surface area contributed by atoms with Gasteiger partial charge in [0.25, 0.3) is 0 Å². The van der Waals surface area contributed by atoms with Gasteiger partial charge in [-0.1, -0.05) is 48.0 Å². The van der Waals surface area contributed by atoms with Gasteiger partial charge in [0, 0.05) is 6.42 Å². The van der Waals surface area contributed by atoms with Crippen LogP contribution >= 0.6 is 0 Å². The zero-order valence-electron chi connectivity index (χ0n) is 14.0. The summed E-state index contributed by atoms with van der Waals surface area (Å²) in [7, 11) is 0. The smallest absolute Gasteiger partial charge is 0.167 e. The third-order valence-electron chi connectivity index (χ3n) is 4.82. The molecule has 1 aromatic heterocycles. The molecule has 0 amide bonds. The number of carbonyl (C=O) groups is 1. The molecule has 0 unspecified atom stereocenters. The topological polar surface area (TPSA) is 34.9 Å². The molecule has 0 spiro atoms. The zero-order valence-corrected chi connectivity index (χ0v) is 14.0. The van der Waals surface area contributed by atoms with Crippen LogP contribution in [0.4, 0.5) is 0 Å². The summed E-state index contributed by atoms with van der Waals surface area (Å²) >= 11 is 0. The van der Waals surface area contributed by atoms with Gasteiger partial charge in [-0.15, -0.1) is 0 Å². The van der Waals surface area contributed by atoms with Gasteiger partial charge >= 0.3 is 0 Å². The molecule has 0 fully saturated rings. The number of Topliss-reactive ketones (excluding diaryl/α,β-unsaturated/α-hetero) is 1. The molecule has 24 heavy (non-hydrogen) atoms. The average Bonchev–Trinajstić information content (AvgIpc) is 2.93. The third-order valence-corrected chi connectivity index (χ3v) is 4.82. The Morgan fingerprint density at radius 3 is 2.54 bits per heavy atom. The lowest BCUT2D eigenvalue weighted by molar-refractivity contribution is 0.0963. The second-order valence-corrected chi connectivity index (χ2v) is 6.60. The molecule has 2 aromatic carbocycles. The molecule has 1 aliphatic rings. The van der Waals surface area contributed by atoms with Crippen LogP contribution in [0.15, 0.2) is 54.6 Å². The summed E-state index contributed by atoms with van der Waals surface area (Å²) in [5.74, 6) is 0.436. The summed E-state index contributed by atoms with van der Waals surface area (Å²) in [4.78, 5) is 12.8. The lowest BCUT2D eigenvalue weighted by Crippen LogP contribution is -2.20. The van der Waals surface area contributed by atoms with Crippen molar-refractivity contribution >= 4 is 5.78 Å². The molecule has 1 aliphatic carbocycles. The number of carbonyl (C=O) groups excluding carboxylic acids is 1. The number of hydrogen-bond acceptors (Lipinski definition) is 2. The van der Waals surface area contributed by atoms with E-state index in [0.29, 0.717) is 6.42 Å². The SMILES string of the molecule is Cc1cccc([C@H]2CC(=O)c3c(C)nn(-c4ccccc4)c3C2)c1. The van der Waals surface area contributed by atoms with Crippen LogP contribution in [0, 0.1) is 13.8 Å². The van der Waals surface area contributed by atoms with Gasteiger partial charge < -0.3 is 0 Å². The monoisotopic (exact) mass is 316 g/mol. The maximum Gasteiger partial charge on any atom is 0.167 e. The minimum Gasteiger partial charge on any atom is -0.294 e. The van der Waals surface area contributed by atoms with E-state index in [4.69, 9.17) is 0 Å². The van der Waals surface area contributed by atoms with E-state index < -0.39 is 0 Å². The summed E-state index contributed by atoms with van der Waals surface area (Å²) in [6.45, 7) is 4.03. The Morgan fingerprint density at radius 2 is 1.79 bits per heavy atom. The largest absolute Gasteiger partial charge is 0.294 e. The number of nitrogens with zero attached hydrogens (tertiary/aromatic N) is 2. The summed E-state index contributed by atoms with van der Waals surface area (Å²) in [6.07, 6.45) is 1.41. The van der Waals surface area contributed by atoms with Crippen LogP contribution < -0.4 is 0 Å². The van der Waals surface area contributed by atoms with Crippen LogP contribution in [0.1, 0.15) is 45.2 Å². The van der Waals surface area contributed by atoms with E-state index in [1.54, 1.807) is 0 Å². The minimum absolute atomic E-state index is 0.211. The van der Waals surface area contributed by atoms with E-state index in [2.05, 4.69) is 36.3 Å². The molecule has 0 saturated heterocycles. The van der Waals surface area contributed by atoms with Crippen molar-refractivity contribution < 1.29 is 4.79 Å². The standard InChI is InChI=1S/C21H20N2O/c1-14-7-6-8-16(11-14)17-12-19-21(20(24)13-17)15(2)22-23(19)18-9-4-3-5-10-18/h3-11,17H,12-13H2,1-2H3/t17-/m1/s1. The molecule has 3 nitrogen and oxygen atoms in total. The Kier molecular flexibility index (Phi) is 3.57. The number of aromatic nitrogens is 2. The highest BCUT2D eigenvalue weighted by atomic mass is 16.1. The molecular formula is C21H20N2O. The molecule has 0 aliphatic heterocycles. The third kappa shape index (κ3) is 2.46. The van der Waals surface area contributed by atoms with Crippen LogP contribution in [-0.2, 0) is 6.42 Å². The van der Waals surface area contributed by atoms with Crippen molar-refractivity contribution in [1.29, 1.82) is 0 Å². The van der Waals surface area contributed by atoms with Gasteiger partial charge in [-0.2, -0.15) is 5.10 Å². The van der Waals surface area contributed by atoms with Gasteiger partial charge in [0.2, 0.25) is 0 Å². The predicted molar refractivity (Wildman–Crippen MR) is 94.9 cm³/mol. The van der Waals surface area contributed by atoms with E-state index in [1.165, 1.54) is 11.1 Å². The van der Waals surface area contributed by atoms with Gasteiger partial charge in [0.1, 0.15) is 0 Å². The summed E-state index contributed by atoms with van der Waals surface area (Å²) in [5.41, 5.74) is 6.19. The fourth-order valence-electron chi connectivity index (χ4n) is 3.70. The van der Waals surface area contributed by atoms with Crippen LogP contribution in [0.25, 0.3) is 5.69 Å². The van der Waals surface area contributed by atoms with Gasteiger partial charge in [-0.3, -0.25) is 4.79 Å². The molecule has 0 saturated carbocycles. The van der Waals surface area contributed by atoms with Gasteiger partial charge in [-0.05, 0) is 43.9 Å². The molecule has 0 radical (unpaired) electrons. The number of benzene rings is 2. The number of ketones is 1. The summed E-state index contributed by atoms with van der Waals surface area (Å²) < 4.78 is 1.95.